The topological polar surface area (TPSA) is 82.9 Å². The maximum Gasteiger partial charge on any atom is 0.331 e. The summed E-state index contributed by atoms with van der Waals surface area (Å²) in [6.45, 7) is 1.77. The molecule has 0 atom stereocenters. The van der Waals surface area contributed by atoms with Crippen LogP contribution in [0.15, 0.2) is 26.5 Å². The number of hydrogen-bond donors (Lipinski definition) is 0. The predicted octanol–water partition coefficient (Wildman–Crippen LogP) is -0.713. The van der Waals surface area contributed by atoms with Crippen molar-refractivity contribution < 1.29 is 4.63 Å². The zero-order valence-electron chi connectivity index (χ0n) is 8.88. The third-order valence-electron chi connectivity index (χ3n) is 2.29. The summed E-state index contributed by atoms with van der Waals surface area (Å²) in [4.78, 5) is 23.2. The van der Waals surface area contributed by atoms with Gasteiger partial charge < -0.3 is 4.57 Å². The zero-order chi connectivity index (χ0) is 11.7. The molecule has 0 spiro atoms. The molecule has 0 amide bonds. The third-order valence-corrected chi connectivity index (χ3v) is 2.29. The largest absolute Gasteiger partial charge is 0.331 e. The van der Waals surface area contributed by atoms with Crippen molar-refractivity contribution in [3.05, 3.63) is 44.5 Å². The molecule has 0 aliphatic heterocycles. The van der Waals surface area contributed by atoms with Crippen LogP contribution in [0.5, 0.6) is 0 Å². The molecule has 0 unspecified atom stereocenters. The summed E-state index contributed by atoms with van der Waals surface area (Å²) in [6.07, 6.45) is 1.43. The molecule has 16 heavy (non-hydrogen) atoms. The van der Waals surface area contributed by atoms with Gasteiger partial charge in [0.15, 0.2) is 0 Å². The molecule has 0 aliphatic rings. The van der Waals surface area contributed by atoms with Gasteiger partial charge >= 0.3 is 5.69 Å². The number of hydrogen-bond acceptors (Lipinski definition) is 5. The number of rotatable bonds is 2. The molecular weight excluding hydrogens is 212 g/mol. The summed E-state index contributed by atoms with van der Waals surface area (Å²) in [6, 6.07) is 1.32. The second-order valence-corrected chi connectivity index (χ2v) is 3.43. The lowest BCUT2D eigenvalue weighted by Crippen LogP contribution is -2.38. The lowest BCUT2D eigenvalue weighted by Gasteiger charge is -2.03. The summed E-state index contributed by atoms with van der Waals surface area (Å²) in [5.41, 5.74) is 0.281. The molecule has 0 saturated carbocycles. The van der Waals surface area contributed by atoms with Crippen molar-refractivity contribution in [3.63, 3.8) is 0 Å². The molecule has 0 N–H and O–H groups in total. The van der Waals surface area contributed by atoms with Gasteiger partial charge in [-0.2, -0.15) is 0 Å². The molecule has 0 saturated heterocycles. The molecule has 0 fully saturated rings. The molecule has 0 aromatic carbocycles. The summed E-state index contributed by atoms with van der Waals surface area (Å²) in [5.74, 6) is 0. The fourth-order valence-electron chi connectivity index (χ4n) is 1.30. The monoisotopic (exact) mass is 222 g/mol. The third kappa shape index (κ3) is 1.67. The van der Waals surface area contributed by atoms with Gasteiger partial charge in [0.25, 0.3) is 5.56 Å². The van der Waals surface area contributed by atoms with Gasteiger partial charge in [0.1, 0.15) is 11.4 Å². The van der Waals surface area contributed by atoms with Gasteiger partial charge in [-0.25, -0.2) is 9.42 Å². The molecule has 0 bridgehead atoms. The van der Waals surface area contributed by atoms with E-state index in [1.807, 2.05) is 0 Å². The zero-order valence-corrected chi connectivity index (χ0v) is 8.88. The van der Waals surface area contributed by atoms with Crippen molar-refractivity contribution in [1.82, 2.24) is 19.4 Å². The molecule has 0 radical (unpaired) electrons. The summed E-state index contributed by atoms with van der Waals surface area (Å²) >= 11 is 0. The lowest BCUT2D eigenvalue weighted by atomic mass is 10.3. The van der Waals surface area contributed by atoms with Crippen LogP contribution in [0.3, 0.4) is 0 Å². The van der Waals surface area contributed by atoms with Crippen molar-refractivity contribution in [2.75, 3.05) is 0 Å². The van der Waals surface area contributed by atoms with Crippen LogP contribution < -0.4 is 11.2 Å². The van der Waals surface area contributed by atoms with Gasteiger partial charge in [0.05, 0.1) is 6.54 Å². The van der Waals surface area contributed by atoms with E-state index >= 15 is 0 Å². The summed E-state index contributed by atoms with van der Waals surface area (Å²) in [5, 5.41) is 7.21. The van der Waals surface area contributed by atoms with Crippen LogP contribution in [0.4, 0.5) is 0 Å². The normalized spacial score (nSPS) is 10.6. The number of aromatic nitrogens is 4. The van der Waals surface area contributed by atoms with E-state index in [4.69, 9.17) is 0 Å². The van der Waals surface area contributed by atoms with Crippen molar-refractivity contribution >= 4 is 0 Å². The molecule has 2 heterocycles. The van der Waals surface area contributed by atoms with Crippen LogP contribution in [-0.4, -0.2) is 19.4 Å². The Balaban J connectivity index is 2.51. The average molecular weight is 222 g/mol. The first-order chi connectivity index (χ1) is 7.59. The van der Waals surface area contributed by atoms with Crippen LogP contribution in [0, 0.1) is 6.92 Å². The van der Waals surface area contributed by atoms with E-state index in [0.717, 1.165) is 4.57 Å². The van der Waals surface area contributed by atoms with E-state index in [0.29, 0.717) is 11.4 Å². The van der Waals surface area contributed by atoms with Gasteiger partial charge in [-0.05, 0) is 6.92 Å². The lowest BCUT2D eigenvalue weighted by molar-refractivity contribution is 0.300. The molecule has 2 aromatic heterocycles. The van der Waals surface area contributed by atoms with Gasteiger partial charge in [0, 0.05) is 19.3 Å². The minimum atomic E-state index is -0.394. The Hall–Kier alpha value is -2.18. The van der Waals surface area contributed by atoms with E-state index in [9.17, 15) is 9.59 Å². The van der Waals surface area contributed by atoms with E-state index in [1.54, 1.807) is 14.0 Å². The number of aryl methyl sites for hydroxylation is 2. The minimum absolute atomic E-state index is 0.0711. The van der Waals surface area contributed by atoms with Crippen molar-refractivity contribution in [3.8, 4) is 0 Å². The fraction of sp³-hybridized carbons (Fsp3) is 0.333. The van der Waals surface area contributed by atoms with Gasteiger partial charge in [-0.15, -0.1) is 0 Å². The maximum atomic E-state index is 11.7. The molecule has 2 aromatic rings. The van der Waals surface area contributed by atoms with Gasteiger partial charge in [-0.1, -0.05) is 10.3 Å². The van der Waals surface area contributed by atoms with Crippen LogP contribution in [-0.2, 0) is 13.6 Å². The number of nitrogens with zero attached hydrogens (tertiary/aromatic N) is 4. The van der Waals surface area contributed by atoms with Crippen molar-refractivity contribution in [2.24, 2.45) is 7.05 Å². The Kier molecular flexibility index (Phi) is 2.43. The van der Waals surface area contributed by atoms with Crippen molar-refractivity contribution in [2.45, 2.75) is 13.5 Å². The minimum Gasteiger partial charge on any atom is -0.303 e. The van der Waals surface area contributed by atoms with E-state index in [-0.39, 0.29) is 12.1 Å². The van der Waals surface area contributed by atoms with Crippen LogP contribution in [0.25, 0.3) is 0 Å². The predicted molar refractivity (Wildman–Crippen MR) is 54.1 cm³/mol. The van der Waals surface area contributed by atoms with Crippen LogP contribution >= 0.6 is 0 Å². The highest BCUT2D eigenvalue weighted by Gasteiger charge is 2.09. The average Bonchev–Trinajstić information content (AvgIpc) is 2.65. The smallest absolute Gasteiger partial charge is 0.303 e. The van der Waals surface area contributed by atoms with Gasteiger partial charge in [0.2, 0.25) is 0 Å². The highest BCUT2D eigenvalue weighted by molar-refractivity contribution is 5.05. The van der Waals surface area contributed by atoms with Crippen molar-refractivity contribution in [1.29, 1.82) is 0 Å². The fourth-order valence-corrected chi connectivity index (χ4v) is 1.30. The summed E-state index contributed by atoms with van der Waals surface area (Å²) < 4.78 is 6.90. The SMILES string of the molecule is Cc1nonc1Cn1c(=O)ccn(C)c1=O. The molecule has 84 valence electrons. The Morgan fingerprint density at radius 2 is 2.12 bits per heavy atom. The Morgan fingerprint density at radius 1 is 1.38 bits per heavy atom. The first-order valence-electron chi connectivity index (χ1n) is 4.64. The maximum absolute atomic E-state index is 11.7. The molecule has 7 nitrogen and oxygen atoms in total. The first-order valence-corrected chi connectivity index (χ1v) is 4.64. The Labute approximate surface area is 89.9 Å². The quantitative estimate of drug-likeness (QED) is 0.670. The van der Waals surface area contributed by atoms with Gasteiger partial charge in [-0.3, -0.25) is 9.36 Å². The second-order valence-electron chi connectivity index (χ2n) is 3.43. The van der Waals surface area contributed by atoms with Crippen LogP contribution in [0.1, 0.15) is 11.4 Å². The first kappa shape index (κ1) is 10.3. The summed E-state index contributed by atoms with van der Waals surface area (Å²) in [7, 11) is 1.58. The second kappa shape index (κ2) is 3.76. The highest BCUT2D eigenvalue weighted by Crippen LogP contribution is 2.00. The van der Waals surface area contributed by atoms with Crippen LogP contribution in [0.2, 0.25) is 0 Å². The molecular formula is C9H10N4O3. The Bertz CT molecular complexity index is 622. The highest BCUT2D eigenvalue weighted by atomic mass is 16.6. The Morgan fingerprint density at radius 3 is 2.75 bits per heavy atom. The standard InChI is InChI=1S/C9H10N4O3/c1-6-7(11-16-10-6)5-13-8(14)3-4-12(2)9(13)15/h3-4H,5H2,1-2H3. The van der Waals surface area contributed by atoms with E-state index < -0.39 is 5.69 Å². The molecule has 7 heteroatoms. The molecule has 0 aliphatic carbocycles. The van der Waals surface area contributed by atoms with E-state index in [2.05, 4.69) is 14.9 Å². The van der Waals surface area contributed by atoms with E-state index in [1.165, 1.54) is 16.8 Å². The molecule has 2 rings (SSSR count).